The largest absolute Gasteiger partial charge is 2.00 e. The van der Waals surface area contributed by atoms with Crippen molar-refractivity contribution >= 4 is 58.3 Å². The van der Waals surface area contributed by atoms with Crippen LogP contribution in [0, 0.1) is 0 Å². The molecular weight excluding hydrogens is 395 g/mol. The number of hydrogen-bond acceptors (Lipinski definition) is 8. The molecule has 0 fully saturated rings. The van der Waals surface area contributed by atoms with Crippen molar-refractivity contribution in [3.8, 4) is 0 Å². The second-order valence-corrected chi connectivity index (χ2v) is 5.46. The molecule has 125 valence electrons. The van der Waals surface area contributed by atoms with Gasteiger partial charge in [0.25, 0.3) is 0 Å². The number of thiocarbonyl (C=S) groups is 2. The Balaban J connectivity index is -0.000000295. The third-order valence-electron chi connectivity index (χ3n) is 2.00. The zero-order valence-electron chi connectivity index (χ0n) is 11.4. The van der Waals surface area contributed by atoms with E-state index in [0.717, 1.165) is 0 Å². The van der Waals surface area contributed by atoms with Gasteiger partial charge in [0.1, 0.15) is 0 Å². The smallest absolute Gasteiger partial charge is 0.411 e. The molecule has 0 spiro atoms. The third kappa shape index (κ3) is 16.8. The molecule has 21 heavy (non-hydrogen) atoms. The molecule has 0 aliphatic carbocycles. The molecule has 1 radical (unpaired) electrons. The van der Waals surface area contributed by atoms with Crippen LogP contribution in [0.25, 0.3) is 0 Å². The van der Waals surface area contributed by atoms with Crippen molar-refractivity contribution in [1.29, 1.82) is 0 Å². The first-order chi connectivity index (χ1) is 9.44. The van der Waals surface area contributed by atoms with Crippen LogP contribution in [0.15, 0.2) is 0 Å². The molecule has 11 heteroatoms. The van der Waals surface area contributed by atoms with E-state index in [1.54, 1.807) is 9.80 Å². The molecule has 6 nitrogen and oxygen atoms in total. The fraction of sp³-hybridized carbons (Fsp3) is 0.800. The molecule has 0 heterocycles. The summed E-state index contributed by atoms with van der Waals surface area (Å²) in [6.07, 6.45) is 0. The Morgan fingerprint density at radius 2 is 0.857 bits per heavy atom. The van der Waals surface area contributed by atoms with Crippen LogP contribution in [0.3, 0.4) is 0 Å². The predicted octanol–water partition coefficient (Wildman–Crippen LogP) is -1.79. The van der Waals surface area contributed by atoms with Gasteiger partial charge in [-0.15, -0.1) is 0 Å². The monoisotopic (exact) mass is 415 g/mol. The van der Waals surface area contributed by atoms with Gasteiger partial charge in [-0.3, -0.25) is 0 Å². The Morgan fingerprint density at radius 1 is 0.667 bits per heavy atom. The van der Waals surface area contributed by atoms with Gasteiger partial charge >= 0.3 is 17.1 Å². The first-order valence-corrected chi connectivity index (χ1v) is 7.43. The van der Waals surface area contributed by atoms with E-state index in [9.17, 15) is 0 Å². The summed E-state index contributed by atoms with van der Waals surface area (Å²) in [5.74, 6) is 0. The number of nitrogens with zero attached hydrogens (tertiary/aromatic N) is 2. The molecule has 0 aliphatic rings. The maximum atomic E-state index is 8.48. The van der Waals surface area contributed by atoms with Crippen LogP contribution in [0.5, 0.6) is 0 Å². The maximum absolute atomic E-state index is 8.48. The minimum absolute atomic E-state index is 0. The van der Waals surface area contributed by atoms with Gasteiger partial charge in [-0.1, -0.05) is 8.64 Å². The van der Waals surface area contributed by atoms with Gasteiger partial charge in [-0.05, 0) is 0 Å². The summed E-state index contributed by atoms with van der Waals surface area (Å²) in [5.41, 5.74) is 0. The van der Waals surface area contributed by atoms with Crippen LogP contribution in [0.2, 0.25) is 0 Å². The predicted molar refractivity (Wildman–Crippen MR) is 91.4 cm³/mol. The first-order valence-electron chi connectivity index (χ1n) is 5.79. The van der Waals surface area contributed by atoms with E-state index < -0.39 is 0 Å². The zero-order valence-corrected chi connectivity index (χ0v) is 15.8. The molecule has 0 saturated heterocycles. The standard InChI is InChI=1S/2C5H11NO2S2.Mn/c2*7-3-1-6(2-4-8)5(9)10;/h2*7-8H,1-4H2,(H,9,10);/q;;+2/p-2. The quantitative estimate of drug-likeness (QED) is 0.207. The van der Waals surface area contributed by atoms with Crippen LogP contribution < -0.4 is 0 Å². The van der Waals surface area contributed by atoms with Crippen molar-refractivity contribution in [2.45, 2.75) is 0 Å². The fourth-order valence-electron chi connectivity index (χ4n) is 1.07. The second-order valence-electron chi connectivity index (χ2n) is 3.40. The Morgan fingerprint density at radius 3 is 0.952 bits per heavy atom. The maximum Gasteiger partial charge on any atom is 2.00 e. The molecule has 0 aromatic rings. The summed E-state index contributed by atoms with van der Waals surface area (Å²) in [6, 6.07) is 0. The van der Waals surface area contributed by atoms with E-state index in [1.807, 2.05) is 0 Å². The SMILES string of the molecule is OCCN(CCO)C(=S)[S-].OCCN(CCO)C(=S)[S-].[Mn+2]. The molecule has 0 aromatic carbocycles. The molecule has 4 N–H and O–H groups in total. The molecule has 0 bridgehead atoms. The van der Waals surface area contributed by atoms with E-state index in [2.05, 4.69) is 49.7 Å². The van der Waals surface area contributed by atoms with Gasteiger partial charge in [0.2, 0.25) is 0 Å². The van der Waals surface area contributed by atoms with Gasteiger partial charge < -0.3 is 79.9 Å². The van der Waals surface area contributed by atoms with Crippen LogP contribution >= 0.6 is 24.4 Å². The summed E-state index contributed by atoms with van der Waals surface area (Å²) < 4.78 is 0.589. The Bertz CT molecular complexity index is 239. The van der Waals surface area contributed by atoms with Crippen molar-refractivity contribution in [3.05, 3.63) is 0 Å². The third-order valence-corrected chi connectivity index (χ3v) is 3.03. The molecule has 0 unspecified atom stereocenters. The van der Waals surface area contributed by atoms with Crippen LogP contribution in [0.4, 0.5) is 0 Å². The summed E-state index contributed by atoms with van der Waals surface area (Å²) in [4.78, 5) is 3.15. The number of aliphatic hydroxyl groups excluding tert-OH is 4. The number of rotatable bonds is 8. The van der Waals surface area contributed by atoms with Crippen molar-refractivity contribution < 1.29 is 37.5 Å². The van der Waals surface area contributed by atoms with Crippen molar-refractivity contribution in [3.63, 3.8) is 0 Å². The summed E-state index contributed by atoms with van der Waals surface area (Å²) in [5, 5.41) is 33.9. The first kappa shape index (κ1) is 26.5. The Kier molecular flexibility index (Phi) is 23.5. The molecule has 0 atom stereocenters. The number of aliphatic hydroxyl groups is 4. The van der Waals surface area contributed by atoms with Gasteiger partial charge in [-0.25, -0.2) is 0 Å². The topological polar surface area (TPSA) is 87.4 Å². The van der Waals surface area contributed by atoms with E-state index in [4.69, 9.17) is 20.4 Å². The van der Waals surface area contributed by atoms with Crippen molar-refractivity contribution in [2.75, 3.05) is 52.6 Å². The van der Waals surface area contributed by atoms with Gasteiger partial charge in [0.05, 0.1) is 26.4 Å². The molecule has 0 aromatic heterocycles. The Hall–Kier alpha value is 0.579. The fourth-order valence-corrected chi connectivity index (χ4v) is 1.80. The summed E-state index contributed by atoms with van der Waals surface area (Å²) >= 11 is 18.7. The van der Waals surface area contributed by atoms with Crippen LogP contribution in [-0.4, -0.2) is 91.5 Å². The van der Waals surface area contributed by atoms with Crippen LogP contribution in [-0.2, 0) is 42.3 Å². The van der Waals surface area contributed by atoms with Gasteiger partial charge in [-0.2, -0.15) is 0 Å². The average Bonchev–Trinajstić information content (AvgIpc) is 2.38. The average molecular weight is 415 g/mol. The van der Waals surface area contributed by atoms with Crippen LogP contribution in [0.1, 0.15) is 0 Å². The van der Waals surface area contributed by atoms with E-state index in [1.165, 1.54) is 0 Å². The number of hydrogen-bond donors (Lipinski definition) is 4. The molecule has 0 saturated carbocycles. The van der Waals surface area contributed by atoms with Crippen molar-refractivity contribution in [1.82, 2.24) is 9.80 Å². The van der Waals surface area contributed by atoms with Crippen molar-refractivity contribution in [2.24, 2.45) is 0 Å². The molecule has 0 rings (SSSR count). The molecule has 0 aliphatic heterocycles. The molecular formula is C10H20MnN2O4S4. The molecule has 0 amide bonds. The van der Waals surface area contributed by atoms with E-state index >= 15 is 0 Å². The van der Waals surface area contributed by atoms with Gasteiger partial charge in [0, 0.05) is 26.2 Å². The summed E-state index contributed by atoms with van der Waals surface area (Å²) in [6.45, 7) is 1.67. The zero-order chi connectivity index (χ0) is 16.0. The minimum atomic E-state index is 0. The normalized spacial score (nSPS) is 8.95. The van der Waals surface area contributed by atoms with E-state index in [-0.39, 0.29) is 43.5 Å². The minimum Gasteiger partial charge on any atom is -0.411 e. The van der Waals surface area contributed by atoms with Gasteiger partial charge in [0.15, 0.2) is 0 Å². The Labute approximate surface area is 157 Å². The van der Waals surface area contributed by atoms with E-state index in [0.29, 0.717) is 34.8 Å². The summed E-state index contributed by atoms with van der Waals surface area (Å²) in [7, 11) is 0. The second kappa shape index (κ2) is 18.6.